The SMILES string of the molecule is CCC(O)N1CCC1O. The van der Waals surface area contributed by atoms with Gasteiger partial charge in [-0.2, -0.15) is 0 Å². The first-order valence-corrected chi connectivity index (χ1v) is 3.37. The molecule has 1 rings (SSSR count). The Morgan fingerprint density at radius 3 is 2.56 bits per heavy atom. The number of aliphatic hydroxyl groups is 2. The number of likely N-dealkylation sites (tertiary alicyclic amines) is 1. The second-order valence-electron chi connectivity index (χ2n) is 2.40. The van der Waals surface area contributed by atoms with Gasteiger partial charge in [-0.25, -0.2) is 0 Å². The van der Waals surface area contributed by atoms with Gasteiger partial charge in [-0.3, -0.25) is 4.90 Å². The Hall–Kier alpha value is -0.120. The number of nitrogens with zero attached hydrogens (tertiary/aromatic N) is 1. The zero-order valence-corrected chi connectivity index (χ0v) is 5.62. The second-order valence-corrected chi connectivity index (χ2v) is 2.40. The monoisotopic (exact) mass is 131 g/mol. The van der Waals surface area contributed by atoms with Crippen molar-refractivity contribution in [1.82, 2.24) is 4.90 Å². The molecule has 54 valence electrons. The van der Waals surface area contributed by atoms with E-state index in [0.717, 1.165) is 13.0 Å². The van der Waals surface area contributed by atoms with Gasteiger partial charge in [0.25, 0.3) is 0 Å². The predicted octanol–water partition coefficient (Wildman–Crippen LogP) is -0.261. The minimum Gasteiger partial charge on any atom is -0.378 e. The molecule has 0 aromatic rings. The van der Waals surface area contributed by atoms with Gasteiger partial charge in [0.2, 0.25) is 0 Å². The Morgan fingerprint density at radius 2 is 2.44 bits per heavy atom. The van der Waals surface area contributed by atoms with Crippen LogP contribution in [0.3, 0.4) is 0 Å². The van der Waals surface area contributed by atoms with Crippen LogP contribution in [0, 0.1) is 0 Å². The Balaban J connectivity index is 2.25. The van der Waals surface area contributed by atoms with Gasteiger partial charge in [0, 0.05) is 6.54 Å². The molecule has 0 saturated carbocycles. The van der Waals surface area contributed by atoms with E-state index in [0.29, 0.717) is 6.42 Å². The molecule has 0 aromatic heterocycles. The van der Waals surface area contributed by atoms with E-state index in [2.05, 4.69) is 0 Å². The van der Waals surface area contributed by atoms with E-state index < -0.39 is 6.23 Å². The quantitative estimate of drug-likeness (QED) is 0.542. The van der Waals surface area contributed by atoms with Crippen molar-refractivity contribution in [1.29, 1.82) is 0 Å². The highest BCUT2D eigenvalue weighted by Crippen LogP contribution is 2.17. The summed E-state index contributed by atoms with van der Waals surface area (Å²) < 4.78 is 0. The standard InChI is InChI=1S/C6H13NO2/c1-2-5(8)7-4-3-6(7)9/h5-6,8-9H,2-4H2,1H3. The van der Waals surface area contributed by atoms with E-state index in [-0.39, 0.29) is 6.23 Å². The highest BCUT2D eigenvalue weighted by atomic mass is 16.3. The van der Waals surface area contributed by atoms with Crippen molar-refractivity contribution < 1.29 is 10.2 Å². The number of hydrogen-bond acceptors (Lipinski definition) is 3. The molecular weight excluding hydrogens is 118 g/mol. The minimum atomic E-state index is -0.436. The fraction of sp³-hybridized carbons (Fsp3) is 1.00. The minimum absolute atomic E-state index is 0.389. The molecule has 1 saturated heterocycles. The van der Waals surface area contributed by atoms with Crippen molar-refractivity contribution in [3.63, 3.8) is 0 Å². The van der Waals surface area contributed by atoms with Crippen molar-refractivity contribution in [2.24, 2.45) is 0 Å². The zero-order chi connectivity index (χ0) is 6.85. The molecule has 0 bridgehead atoms. The molecule has 1 aliphatic rings. The number of aliphatic hydroxyl groups excluding tert-OH is 2. The first-order chi connectivity index (χ1) is 4.25. The van der Waals surface area contributed by atoms with Crippen LogP contribution >= 0.6 is 0 Å². The smallest absolute Gasteiger partial charge is 0.110 e. The van der Waals surface area contributed by atoms with E-state index in [9.17, 15) is 0 Å². The van der Waals surface area contributed by atoms with Crippen LogP contribution in [0.2, 0.25) is 0 Å². The van der Waals surface area contributed by atoms with Crippen LogP contribution in [0.1, 0.15) is 19.8 Å². The lowest BCUT2D eigenvalue weighted by Gasteiger charge is -2.40. The Bertz CT molecular complexity index is 97.1. The predicted molar refractivity (Wildman–Crippen MR) is 33.6 cm³/mol. The summed E-state index contributed by atoms with van der Waals surface area (Å²) in [7, 11) is 0. The molecular formula is C6H13NO2. The average molecular weight is 131 g/mol. The van der Waals surface area contributed by atoms with Gasteiger partial charge in [0.15, 0.2) is 0 Å². The van der Waals surface area contributed by atoms with Crippen LogP contribution < -0.4 is 0 Å². The summed E-state index contributed by atoms with van der Waals surface area (Å²) in [5, 5.41) is 18.1. The van der Waals surface area contributed by atoms with E-state index in [1.54, 1.807) is 4.90 Å². The van der Waals surface area contributed by atoms with Crippen molar-refractivity contribution >= 4 is 0 Å². The maximum atomic E-state index is 9.11. The normalized spacial score (nSPS) is 31.7. The van der Waals surface area contributed by atoms with Crippen molar-refractivity contribution in [3.05, 3.63) is 0 Å². The Labute approximate surface area is 54.9 Å². The fourth-order valence-electron chi connectivity index (χ4n) is 0.976. The van der Waals surface area contributed by atoms with Gasteiger partial charge in [-0.1, -0.05) is 6.92 Å². The number of hydrogen-bond donors (Lipinski definition) is 2. The maximum absolute atomic E-state index is 9.11. The lowest BCUT2D eigenvalue weighted by molar-refractivity contribution is -0.160. The van der Waals surface area contributed by atoms with Crippen LogP contribution in [0.5, 0.6) is 0 Å². The first kappa shape index (κ1) is 6.99. The molecule has 1 heterocycles. The van der Waals surface area contributed by atoms with Gasteiger partial charge in [0.05, 0.1) is 0 Å². The molecule has 2 unspecified atom stereocenters. The third-order valence-corrected chi connectivity index (χ3v) is 1.78. The Morgan fingerprint density at radius 1 is 1.78 bits per heavy atom. The van der Waals surface area contributed by atoms with Gasteiger partial charge < -0.3 is 10.2 Å². The van der Waals surface area contributed by atoms with Crippen LogP contribution in [0.15, 0.2) is 0 Å². The second kappa shape index (κ2) is 2.64. The summed E-state index contributed by atoms with van der Waals surface area (Å²) in [5.74, 6) is 0. The number of rotatable bonds is 2. The van der Waals surface area contributed by atoms with Gasteiger partial charge in [-0.15, -0.1) is 0 Å². The molecule has 0 aliphatic carbocycles. The van der Waals surface area contributed by atoms with Crippen molar-refractivity contribution in [2.45, 2.75) is 32.2 Å². The summed E-state index contributed by atoms with van der Waals surface area (Å²) in [4.78, 5) is 1.68. The highest BCUT2D eigenvalue weighted by Gasteiger charge is 2.29. The summed E-state index contributed by atoms with van der Waals surface area (Å²) >= 11 is 0. The highest BCUT2D eigenvalue weighted by molar-refractivity contribution is 4.74. The molecule has 3 heteroatoms. The topological polar surface area (TPSA) is 43.7 Å². The summed E-state index contributed by atoms with van der Waals surface area (Å²) in [6.07, 6.45) is 0.669. The molecule has 2 N–H and O–H groups in total. The lowest BCUT2D eigenvalue weighted by atomic mass is 10.1. The van der Waals surface area contributed by atoms with Gasteiger partial charge in [0.1, 0.15) is 12.5 Å². The van der Waals surface area contributed by atoms with E-state index in [4.69, 9.17) is 10.2 Å². The summed E-state index contributed by atoms with van der Waals surface area (Å²) in [6, 6.07) is 0. The molecule has 0 amide bonds. The molecule has 1 fully saturated rings. The largest absolute Gasteiger partial charge is 0.378 e. The average Bonchev–Trinajstić information content (AvgIpc) is 1.84. The van der Waals surface area contributed by atoms with Crippen molar-refractivity contribution in [2.75, 3.05) is 6.54 Å². The molecule has 3 nitrogen and oxygen atoms in total. The fourth-order valence-corrected chi connectivity index (χ4v) is 0.976. The van der Waals surface area contributed by atoms with Crippen LogP contribution in [0.25, 0.3) is 0 Å². The van der Waals surface area contributed by atoms with E-state index >= 15 is 0 Å². The van der Waals surface area contributed by atoms with Crippen molar-refractivity contribution in [3.8, 4) is 0 Å². The molecule has 1 aliphatic heterocycles. The van der Waals surface area contributed by atoms with Gasteiger partial charge in [-0.05, 0) is 12.8 Å². The molecule has 0 radical (unpaired) electrons. The maximum Gasteiger partial charge on any atom is 0.110 e. The van der Waals surface area contributed by atoms with E-state index in [1.165, 1.54) is 0 Å². The molecule has 9 heavy (non-hydrogen) atoms. The molecule has 0 aromatic carbocycles. The summed E-state index contributed by atoms with van der Waals surface area (Å²) in [5.41, 5.74) is 0. The van der Waals surface area contributed by atoms with E-state index in [1.807, 2.05) is 6.92 Å². The van der Waals surface area contributed by atoms with Crippen LogP contribution in [-0.4, -0.2) is 34.1 Å². The van der Waals surface area contributed by atoms with Gasteiger partial charge >= 0.3 is 0 Å². The summed E-state index contributed by atoms with van der Waals surface area (Å²) in [6.45, 7) is 2.73. The molecule has 2 atom stereocenters. The third kappa shape index (κ3) is 1.23. The first-order valence-electron chi connectivity index (χ1n) is 3.37. The third-order valence-electron chi connectivity index (χ3n) is 1.78. The lowest BCUT2D eigenvalue weighted by Crippen LogP contribution is -2.52. The Kier molecular flexibility index (Phi) is 2.05. The van der Waals surface area contributed by atoms with Crippen LogP contribution in [-0.2, 0) is 0 Å². The van der Waals surface area contributed by atoms with Crippen LogP contribution in [0.4, 0.5) is 0 Å². The molecule has 0 spiro atoms. The zero-order valence-electron chi connectivity index (χ0n) is 5.62.